The summed E-state index contributed by atoms with van der Waals surface area (Å²) in [7, 11) is 0. The Hall–Kier alpha value is -0.0500. The quantitative estimate of drug-likeness (QED) is 0.869. The third-order valence-corrected chi connectivity index (χ3v) is 4.15. The summed E-state index contributed by atoms with van der Waals surface area (Å²) in [4.78, 5) is 0. The summed E-state index contributed by atoms with van der Waals surface area (Å²) in [5, 5.41) is 4.41. The lowest BCUT2D eigenvalue weighted by molar-refractivity contribution is 0.426. The normalized spacial score (nSPS) is 24.3. The Morgan fingerprint density at radius 2 is 2.27 bits per heavy atom. The van der Waals surface area contributed by atoms with Crippen LogP contribution in [-0.2, 0) is 6.42 Å². The lowest BCUT2D eigenvalue weighted by Gasteiger charge is -2.18. The molecule has 0 fully saturated rings. The van der Waals surface area contributed by atoms with Crippen LogP contribution in [0.15, 0.2) is 16.6 Å². The van der Waals surface area contributed by atoms with Gasteiger partial charge in [-0.05, 0) is 42.1 Å². The first-order valence-corrected chi connectivity index (χ1v) is 6.52. The molecule has 0 bridgehead atoms. The maximum Gasteiger partial charge on any atom is 0.0457 e. The third-order valence-electron chi connectivity index (χ3n) is 3.08. The molecule has 1 aliphatic carbocycles. The molecule has 0 radical (unpaired) electrons. The van der Waals surface area contributed by atoms with Gasteiger partial charge in [0, 0.05) is 15.5 Å². The van der Waals surface area contributed by atoms with Gasteiger partial charge in [-0.2, -0.15) is 0 Å². The van der Waals surface area contributed by atoms with Crippen LogP contribution in [0.4, 0.5) is 0 Å². The number of nitrogens with one attached hydrogen (secondary N) is 1. The average Bonchev–Trinajstić information content (AvgIpc) is 2.53. The largest absolute Gasteiger partial charge is 0.310 e. The van der Waals surface area contributed by atoms with Crippen LogP contribution in [0, 0.1) is 5.92 Å². The van der Waals surface area contributed by atoms with Crippen LogP contribution >= 0.6 is 27.5 Å². The van der Waals surface area contributed by atoms with Crippen molar-refractivity contribution in [2.75, 3.05) is 6.54 Å². The molecule has 0 aromatic heterocycles. The number of hydrogen-bond donors (Lipinski definition) is 1. The minimum Gasteiger partial charge on any atom is -0.310 e. The van der Waals surface area contributed by atoms with Gasteiger partial charge in [0.2, 0.25) is 0 Å². The van der Waals surface area contributed by atoms with Gasteiger partial charge in [0.1, 0.15) is 0 Å². The highest BCUT2D eigenvalue weighted by molar-refractivity contribution is 9.10. The van der Waals surface area contributed by atoms with E-state index in [1.165, 1.54) is 15.6 Å². The van der Waals surface area contributed by atoms with Gasteiger partial charge in [0.05, 0.1) is 0 Å². The van der Waals surface area contributed by atoms with E-state index in [0.717, 1.165) is 18.0 Å². The maximum atomic E-state index is 6.28. The Morgan fingerprint density at radius 1 is 1.53 bits per heavy atom. The lowest BCUT2D eigenvalue weighted by Crippen LogP contribution is -2.23. The third kappa shape index (κ3) is 1.95. The van der Waals surface area contributed by atoms with Crippen LogP contribution in [0.25, 0.3) is 0 Å². The zero-order chi connectivity index (χ0) is 11.0. The maximum absolute atomic E-state index is 6.28. The number of rotatable bonds is 2. The van der Waals surface area contributed by atoms with Crippen molar-refractivity contribution in [3.05, 3.63) is 32.8 Å². The topological polar surface area (TPSA) is 12.0 Å². The molecule has 0 spiro atoms. The molecule has 0 saturated heterocycles. The van der Waals surface area contributed by atoms with Crippen LogP contribution in [0.2, 0.25) is 5.02 Å². The fourth-order valence-corrected chi connectivity index (χ4v) is 3.20. The van der Waals surface area contributed by atoms with E-state index in [1.807, 2.05) is 12.1 Å². The van der Waals surface area contributed by atoms with Crippen LogP contribution in [0.1, 0.15) is 31.0 Å². The second kappa shape index (κ2) is 4.44. The van der Waals surface area contributed by atoms with E-state index in [1.54, 1.807) is 0 Å². The Morgan fingerprint density at radius 3 is 2.93 bits per heavy atom. The Labute approximate surface area is 104 Å². The zero-order valence-corrected chi connectivity index (χ0v) is 11.3. The van der Waals surface area contributed by atoms with Gasteiger partial charge in [0.25, 0.3) is 0 Å². The molecule has 82 valence electrons. The van der Waals surface area contributed by atoms with Gasteiger partial charge in [-0.3, -0.25) is 0 Å². The Kier molecular flexibility index (Phi) is 3.39. The Balaban J connectivity index is 2.47. The highest BCUT2D eigenvalue weighted by atomic mass is 79.9. The molecule has 1 N–H and O–H groups in total. The highest BCUT2D eigenvalue weighted by Gasteiger charge is 2.31. The van der Waals surface area contributed by atoms with Crippen molar-refractivity contribution < 1.29 is 0 Å². The number of halogens is 2. The van der Waals surface area contributed by atoms with Crippen molar-refractivity contribution in [2.24, 2.45) is 5.92 Å². The molecule has 2 atom stereocenters. The van der Waals surface area contributed by atoms with Crippen molar-refractivity contribution in [1.82, 2.24) is 5.32 Å². The molecule has 1 aromatic rings. The van der Waals surface area contributed by atoms with E-state index in [-0.39, 0.29) is 0 Å². The average molecular weight is 289 g/mol. The molecule has 0 heterocycles. The summed E-state index contributed by atoms with van der Waals surface area (Å²) in [6, 6.07) is 4.43. The molecule has 2 unspecified atom stereocenters. The Bertz CT molecular complexity index is 378. The van der Waals surface area contributed by atoms with Crippen molar-refractivity contribution in [3.8, 4) is 0 Å². The van der Waals surface area contributed by atoms with Crippen LogP contribution < -0.4 is 5.32 Å². The monoisotopic (exact) mass is 287 g/mol. The summed E-state index contributed by atoms with van der Waals surface area (Å²) in [6.07, 6.45) is 1.11. The summed E-state index contributed by atoms with van der Waals surface area (Å²) < 4.78 is 1.19. The number of benzene rings is 1. The molecule has 0 amide bonds. The van der Waals surface area contributed by atoms with E-state index in [9.17, 15) is 0 Å². The van der Waals surface area contributed by atoms with E-state index < -0.39 is 0 Å². The van der Waals surface area contributed by atoms with Crippen LogP contribution in [0.3, 0.4) is 0 Å². The lowest BCUT2D eigenvalue weighted by atomic mass is 10.0. The minimum atomic E-state index is 0.412. The summed E-state index contributed by atoms with van der Waals surface area (Å²) in [6.45, 7) is 5.39. The fraction of sp³-hybridized carbons (Fsp3) is 0.500. The van der Waals surface area contributed by atoms with Gasteiger partial charge in [0.15, 0.2) is 0 Å². The molecular weight excluding hydrogens is 273 g/mol. The van der Waals surface area contributed by atoms with Gasteiger partial charge in [-0.15, -0.1) is 0 Å². The molecule has 3 heteroatoms. The van der Waals surface area contributed by atoms with Crippen molar-refractivity contribution >= 4 is 27.5 Å². The summed E-state index contributed by atoms with van der Waals surface area (Å²) in [5.74, 6) is 0.621. The molecule has 1 aromatic carbocycles. The first-order valence-electron chi connectivity index (χ1n) is 5.35. The van der Waals surface area contributed by atoms with Gasteiger partial charge >= 0.3 is 0 Å². The van der Waals surface area contributed by atoms with E-state index in [0.29, 0.717) is 12.0 Å². The summed E-state index contributed by atoms with van der Waals surface area (Å²) >= 11 is 9.88. The predicted molar refractivity (Wildman–Crippen MR) is 68.4 cm³/mol. The molecule has 0 aliphatic heterocycles. The summed E-state index contributed by atoms with van der Waals surface area (Å²) in [5.41, 5.74) is 2.67. The SMILES string of the molecule is CCNC1c2c(Cl)ccc(Br)c2CC1C. The van der Waals surface area contributed by atoms with Crippen molar-refractivity contribution in [3.63, 3.8) is 0 Å². The second-order valence-electron chi connectivity index (χ2n) is 4.14. The van der Waals surface area contributed by atoms with Crippen molar-refractivity contribution in [2.45, 2.75) is 26.3 Å². The standard InChI is InChI=1S/C12H15BrClN/c1-3-15-12-7(2)6-8-9(13)4-5-10(14)11(8)12/h4-5,7,12,15H,3,6H2,1-2H3. The van der Waals surface area contributed by atoms with Gasteiger partial charge < -0.3 is 5.32 Å². The number of fused-ring (bicyclic) bond motifs is 1. The van der Waals surface area contributed by atoms with Gasteiger partial charge in [-0.25, -0.2) is 0 Å². The minimum absolute atomic E-state index is 0.412. The second-order valence-corrected chi connectivity index (χ2v) is 5.40. The molecular formula is C12H15BrClN. The molecule has 1 aliphatic rings. The van der Waals surface area contributed by atoms with Crippen molar-refractivity contribution in [1.29, 1.82) is 0 Å². The zero-order valence-electron chi connectivity index (χ0n) is 8.98. The molecule has 15 heavy (non-hydrogen) atoms. The molecule has 0 saturated carbocycles. The van der Waals surface area contributed by atoms with Crippen LogP contribution in [0.5, 0.6) is 0 Å². The predicted octanol–water partition coefficient (Wildman–Crippen LogP) is 3.95. The van der Waals surface area contributed by atoms with Gasteiger partial charge in [-0.1, -0.05) is 41.4 Å². The fourth-order valence-electron chi connectivity index (χ4n) is 2.40. The van der Waals surface area contributed by atoms with Crippen LogP contribution in [-0.4, -0.2) is 6.54 Å². The first kappa shape index (κ1) is 11.4. The van der Waals surface area contributed by atoms with E-state index in [4.69, 9.17) is 11.6 Å². The molecule has 1 nitrogen and oxygen atoms in total. The first-order chi connectivity index (χ1) is 7.15. The number of hydrogen-bond acceptors (Lipinski definition) is 1. The molecule has 2 rings (SSSR count). The smallest absolute Gasteiger partial charge is 0.0457 e. The van der Waals surface area contributed by atoms with E-state index in [2.05, 4.69) is 35.1 Å². The van der Waals surface area contributed by atoms with E-state index >= 15 is 0 Å². The highest BCUT2D eigenvalue weighted by Crippen LogP contribution is 2.43.